The molecule has 0 aliphatic carbocycles. The van der Waals surface area contributed by atoms with Crippen LogP contribution in [0.1, 0.15) is 24.1 Å². The number of hydrogen-bond donors (Lipinski definition) is 1. The molecule has 0 spiro atoms. The summed E-state index contributed by atoms with van der Waals surface area (Å²) in [6.45, 7) is 3.35. The molecule has 8 heteroatoms. The molecule has 1 aliphatic rings. The van der Waals surface area contributed by atoms with Gasteiger partial charge in [-0.05, 0) is 38.0 Å². The second kappa shape index (κ2) is 7.53. The number of carbonyl (C=O) groups is 1. The number of halogens is 2. The van der Waals surface area contributed by atoms with Crippen molar-refractivity contribution >= 4 is 17.5 Å². The normalized spacial score (nSPS) is 17.1. The number of aryl methyl sites for hydroxylation is 1. The molecule has 0 radical (unpaired) electrons. The van der Waals surface area contributed by atoms with E-state index in [0.29, 0.717) is 6.54 Å². The van der Waals surface area contributed by atoms with Crippen molar-refractivity contribution in [3.8, 4) is 0 Å². The van der Waals surface area contributed by atoms with Crippen LogP contribution in [0.25, 0.3) is 5.65 Å². The Kier molecular flexibility index (Phi) is 4.93. The lowest BCUT2D eigenvalue weighted by Crippen LogP contribution is -2.43. The zero-order chi connectivity index (χ0) is 19.7. The van der Waals surface area contributed by atoms with E-state index in [2.05, 4.69) is 20.4 Å². The lowest BCUT2D eigenvalue weighted by molar-refractivity contribution is -0.125. The minimum absolute atomic E-state index is 0.0361. The van der Waals surface area contributed by atoms with Crippen LogP contribution in [0.4, 0.5) is 14.7 Å². The van der Waals surface area contributed by atoms with Crippen molar-refractivity contribution in [3.05, 3.63) is 59.3 Å². The van der Waals surface area contributed by atoms with Crippen molar-refractivity contribution in [2.75, 3.05) is 18.0 Å². The van der Waals surface area contributed by atoms with Gasteiger partial charge >= 0.3 is 0 Å². The minimum atomic E-state index is -0.657. The molecule has 3 aromatic rings. The summed E-state index contributed by atoms with van der Waals surface area (Å²) in [5, 5.41) is 11.3. The van der Waals surface area contributed by atoms with Crippen LogP contribution in [0, 0.1) is 24.5 Å². The summed E-state index contributed by atoms with van der Waals surface area (Å²) in [5.74, 6) is -0.926. The largest absolute Gasteiger partial charge is 0.352 e. The molecule has 28 heavy (non-hydrogen) atoms. The van der Waals surface area contributed by atoms with Crippen LogP contribution in [0.3, 0.4) is 0 Å². The van der Waals surface area contributed by atoms with E-state index in [4.69, 9.17) is 0 Å². The number of pyridine rings is 1. The molecule has 1 unspecified atom stereocenters. The third kappa shape index (κ3) is 3.54. The number of hydrogen-bond acceptors (Lipinski definition) is 4. The highest BCUT2D eigenvalue weighted by Gasteiger charge is 2.28. The molecule has 1 atom stereocenters. The SMILES string of the molecule is Cc1cccc2nnc(N3CCCC(C(=O)NCc4ccc(F)cc4F)C3)n12. The monoisotopic (exact) mass is 385 g/mol. The number of piperidine rings is 1. The Morgan fingerprint density at radius 2 is 2.11 bits per heavy atom. The zero-order valence-corrected chi connectivity index (χ0v) is 15.5. The highest BCUT2D eigenvalue weighted by molar-refractivity contribution is 5.79. The first-order valence-corrected chi connectivity index (χ1v) is 9.30. The number of nitrogens with zero attached hydrogens (tertiary/aromatic N) is 4. The maximum Gasteiger partial charge on any atom is 0.231 e. The maximum absolute atomic E-state index is 13.8. The highest BCUT2D eigenvalue weighted by Crippen LogP contribution is 2.23. The van der Waals surface area contributed by atoms with Gasteiger partial charge in [0, 0.05) is 37.0 Å². The van der Waals surface area contributed by atoms with Crippen LogP contribution in [0.5, 0.6) is 0 Å². The van der Waals surface area contributed by atoms with Gasteiger partial charge in [0.05, 0.1) is 5.92 Å². The second-order valence-corrected chi connectivity index (χ2v) is 7.10. The predicted octanol–water partition coefficient (Wildman–Crippen LogP) is 2.85. The van der Waals surface area contributed by atoms with E-state index in [1.165, 1.54) is 12.1 Å². The summed E-state index contributed by atoms with van der Waals surface area (Å²) >= 11 is 0. The van der Waals surface area contributed by atoms with Crippen LogP contribution in [-0.4, -0.2) is 33.6 Å². The highest BCUT2D eigenvalue weighted by atomic mass is 19.1. The molecule has 4 rings (SSSR count). The molecule has 0 saturated carbocycles. The molecule has 2 aromatic heterocycles. The van der Waals surface area contributed by atoms with Gasteiger partial charge in [0.1, 0.15) is 11.6 Å². The molecule has 3 heterocycles. The lowest BCUT2D eigenvalue weighted by atomic mass is 9.97. The average molecular weight is 385 g/mol. The Hall–Kier alpha value is -3.03. The average Bonchev–Trinajstić information content (AvgIpc) is 3.13. The van der Waals surface area contributed by atoms with Gasteiger partial charge in [-0.25, -0.2) is 8.78 Å². The Labute approximate surface area is 161 Å². The summed E-state index contributed by atoms with van der Waals surface area (Å²) in [4.78, 5) is 14.7. The summed E-state index contributed by atoms with van der Waals surface area (Å²) in [6.07, 6.45) is 1.60. The molecule has 6 nitrogen and oxygen atoms in total. The third-order valence-corrected chi connectivity index (χ3v) is 5.15. The van der Waals surface area contributed by atoms with Crippen molar-refractivity contribution in [2.24, 2.45) is 5.92 Å². The van der Waals surface area contributed by atoms with Gasteiger partial charge in [0.15, 0.2) is 5.65 Å². The number of anilines is 1. The first-order chi connectivity index (χ1) is 13.5. The van der Waals surface area contributed by atoms with Crippen molar-refractivity contribution in [3.63, 3.8) is 0 Å². The third-order valence-electron chi connectivity index (χ3n) is 5.15. The topological polar surface area (TPSA) is 62.5 Å². The van der Waals surface area contributed by atoms with Gasteiger partial charge in [-0.2, -0.15) is 0 Å². The number of carbonyl (C=O) groups excluding carboxylic acids is 1. The Morgan fingerprint density at radius 3 is 2.93 bits per heavy atom. The fraction of sp³-hybridized carbons (Fsp3) is 0.350. The summed E-state index contributed by atoms with van der Waals surface area (Å²) in [7, 11) is 0. The quantitative estimate of drug-likeness (QED) is 0.750. The Morgan fingerprint density at radius 1 is 1.25 bits per heavy atom. The van der Waals surface area contributed by atoms with Gasteiger partial charge in [-0.1, -0.05) is 12.1 Å². The molecule has 0 bridgehead atoms. The predicted molar refractivity (Wildman–Crippen MR) is 101 cm³/mol. The van der Waals surface area contributed by atoms with E-state index < -0.39 is 11.6 Å². The molecule has 1 fully saturated rings. The van der Waals surface area contributed by atoms with Crippen molar-refractivity contribution < 1.29 is 13.6 Å². The van der Waals surface area contributed by atoms with E-state index in [-0.39, 0.29) is 23.9 Å². The molecule has 1 amide bonds. The van der Waals surface area contributed by atoms with Gasteiger partial charge in [0.25, 0.3) is 0 Å². The number of rotatable bonds is 4. The molecular weight excluding hydrogens is 364 g/mol. The molecule has 146 valence electrons. The number of amides is 1. The van der Waals surface area contributed by atoms with Crippen molar-refractivity contribution in [1.29, 1.82) is 0 Å². The van der Waals surface area contributed by atoms with Crippen molar-refractivity contribution in [1.82, 2.24) is 19.9 Å². The Balaban J connectivity index is 1.45. The first-order valence-electron chi connectivity index (χ1n) is 9.30. The molecule has 1 aliphatic heterocycles. The number of aromatic nitrogens is 3. The summed E-state index contributed by atoms with van der Waals surface area (Å²) < 4.78 is 28.7. The van der Waals surface area contributed by atoms with Crippen LogP contribution < -0.4 is 10.2 Å². The molecule has 1 N–H and O–H groups in total. The van der Waals surface area contributed by atoms with E-state index in [1.807, 2.05) is 29.5 Å². The summed E-state index contributed by atoms with van der Waals surface area (Å²) in [5.41, 5.74) is 2.06. The number of fused-ring (bicyclic) bond motifs is 1. The summed E-state index contributed by atoms with van der Waals surface area (Å²) in [6, 6.07) is 9.18. The van der Waals surface area contributed by atoms with Crippen LogP contribution in [0.2, 0.25) is 0 Å². The molecular formula is C20H21F2N5O. The van der Waals surface area contributed by atoms with E-state index in [0.717, 1.165) is 42.7 Å². The van der Waals surface area contributed by atoms with E-state index in [1.54, 1.807) is 0 Å². The fourth-order valence-electron chi connectivity index (χ4n) is 3.65. The zero-order valence-electron chi connectivity index (χ0n) is 15.5. The molecule has 1 aromatic carbocycles. The van der Waals surface area contributed by atoms with Crippen molar-refractivity contribution in [2.45, 2.75) is 26.3 Å². The smallest absolute Gasteiger partial charge is 0.231 e. The van der Waals surface area contributed by atoms with Gasteiger partial charge in [-0.3, -0.25) is 9.20 Å². The van der Waals surface area contributed by atoms with Crippen LogP contribution >= 0.6 is 0 Å². The maximum atomic E-state index is 13.8. The standard InChI is InChI=1S/C20H21F2N5O/c1-13-4-2-6-18-24-25-20(27(13)18)26-9-3-5-15(12-26)19(28)23-11-14-7-8-16(21)10-17(14)22/h2,4,6-8,10,15H,3,5,9,11-12H2,1H3,(H,23,28). The van der Waals surface area contributed by atoms with Crippen LogP contribution in [0.15, 0.2) is 36.4 Å². The van der Waals surface area contributed by atoms with E-state index >= 15 is 0 Å². The lowest BCUT2D eigenvalue weighted by Gasteiger charge is -2.32. The van der Waals surface area contributed by atoms with Crippen LogP contribution in [-0.2, 0) is 11.3 Å². The minimum Gasteiger partial charge on any atom is -0.352 e. The second-order valence-electron chi connectivity index (χ2n) is 7.10. The number of benzene rings is 1. The molecule has 1 saturated heterocycles. The Bertz CT molecular complexity index is 1020. The van der Waals surface area contributed by atoms with Gasteiger partial charge in [-0.15, -0.1) is 10.2 Å². The van der Waals surface area contributed by atoms with Gasteiger partial charge in [0.2, 0.25) is 11.9 Å². The fourth-order valence-corrected chi connectivity index (χ4v) is 3.65. The first kappa shape index (κ1) is 18.3. The van der Waals surface area contributed by atoms with E-state index in [9.17, 15) is 13.6 Å². The van der Waals surface area contributed by atoms with Gasteiger partial charge < -0.3 is 10.2 Å². The number of nitrogens with one attached hydrogen (secondary N) is 1.